The number of nitrogens with zero attached hydrogens (tertiary/aromatic N) is 1. The topological polar surface area (TPSA) is 29.3 Å². The second-order valence-electron chi connectivity index (χ2n) is 5.25. The summed E-state index contributed by atoms with van der Waals surface area (Å²) in [5.74, 6) is 0. The number of benzene rings is 2. The van der Waals surface area contributed by atoms with Gasteiger partial charge in [-0.25, -0.2) is 0 Å². The number of anilines is 1. The summed E-state index contributed by atoms with van der Waals surface area (Å²) in [7, 11) is 2.12. The second kappa shape index (κ2) is 6.58. The highest BCUT2D eigenvalue weighted by atomic mass is 15.1. The molecule has 2 aromatic rings. The Hall–Kier alpha value is -1.80. The van der Waals surface area contributed by atoms with E-state index in [4.69, 9.17) is 5.73 Å². The first-order chi connectivity index (χ1) is 9.67. The largest absolute Gasteiger partial charge is 0.366 e. The molecule has 106 valence electrons. The van der Waals surface area contributed by atoms with E-state index >= 15 is 0 Å². The van der Waals surface area contributed by atoms with Crippen molar-refractivity contribution in [3.8, 4) is 0 Å². The van der Waals surface area contributed by atoms with Gasteiger partial charge in [0.05, 0.1) is 6.04 Å². The second-order valence-corrected chi connectivity index (χ2v) is 5.25. The van der Waals surface area contributed by atoms with Crippen LogP contribution in [-0.2, 0) is 6.42 Å². The van der Waals surface area contributed by atoms with Gasteiger partial charge in [-0.3, -0.25) is 0 Å². The molecule has 0 fully saturated rings. The number of hydrogen-bond acceptors (Lipinski definition) is 2. The maximum absolute atomic E-state index is 6.06. The number of nitrogens with two attached hydrogens (primary N) is 1. The van der Waals surface area contributed by atoms with Gasteiger partial charge in [-0.15, -0.1) is 0 Å². The van der Waals surface area contributed by atoms with Crippen LogP contribution in [0.5, 0.6) is 0 Å². The minimum atomic E-state index is 0.216. The monoisotopic (exact) mass is 268 g/mol. The lowest BCUT2D eigenvalue weighted by Crippen LogP contribution is -2.31. The molecule has 2 heteroatoms. The first-order valence-corrected chi connectivity index (χ1v) is 7.24. The molecule has 1 atom stereocenters. The summed E-state index contributed by atoms with van der Waals surface area (Å²) in [5.41, 5.74) is 11.3. The molecule has 0 spiro atoms. The van der Waals surface area contributed by atoms with Gasteiger partial charge in [-0.1, -0.05) is 43.3 Å². The van der Waals surface area contributed by atoms with Gasteiger partial charge < -0.3 is 10.6 Å². The molecule has 0 aliphatic carbocycles. The van der Waals surface area contributed by atoms with E-state index in [1.54, 1.807) is 0 Å². The lowest BCUT2D eigenvalue weighted by atomic mass is 9.97. The molecule has 0 aliphatic heterocycles. The molecule has 2 aromatic carbocycles. The molecule has 2 rings (SSSR count). The van der Waals surface area contributed by atoms with Crippen LogP contribution in [0.4, 0.5) is 5.69 Å². The molecule has 0 saturated heterocycles. The van der Waals surface area contributed by atoms with E-state index in [1.165, 1.54) is 22.4 Å². The highest BCUT2D eigenvalue weighted by molar-refractivity contribution is 5.51. The van der Waals surface area contributed by atoms with Crippen LogP contribution < -0.4 is 10.6 Å². The Morgan fingerprint density at radius 2 is 1.85 bits per heavy atom. The maximum atomic E-state index is 6.06. The van der Waals surface area contributed by atoms with Crippen molar-refractivity contribution >= 4 is 5.69 Å². The Labute approximate surface area is 122 Å². The standard InChI is InChI=1S/C18H24N2/c1-4-15-9-5-6-11-17(15)18(13-19)20(3)16-10-7-8-14(2)12-16/h5-12,18H,4,13,19H2,1-3H3. The van der Waals surface area contributed by atoms with Crippen LogP contribution >= 0.6 is 0 Å². The summed E-state index contributed by atoms with van der Waals surface area (Å²) in [5, 5.41) is 0. The van der Waals surface area contributed by atoms with Crippen LogP contribution in [0.3, 0.4) is 0 Å². The van der Waals surface area contributed by atoms with Crippen LogP contribution in [0.1, 0.15) is 29.7 Å². The van der Waals surface area contributed by atoms with E-state index in [0.29, 0.717) is 6.54 Å². The lowest BCUT2D eigenvalue weighted by molar-refractivity contribution is 0.673. The first-order valence-electron chi connectivity index (χ1n) is 7.24. The molecule has 0 amide bonds. The fourth-order valence-electron chi connectivity index (χ4n) is 2.70. The predicted molar refractivity (Wildman–Crippen MR) is 87.2 cm³/mol. The van der Waals surface area contributed by atoms with Crippen LogP contribution in [0.25, 0.3) is 0 Å². The van der Waals surface area contributed by atoms with Gasteiger partial charge >= 0.3 is 0 Å². The molecule has 0 aliphatic rings. The lowest BCUT2D eigenvalue weighted by Gasteiger charge is -2.31. The van der Waals surface area contributed by atoms with Crippen LogP contribution in [0.15, 0.2) is 48.5 Å². The number of hydrogen-bond donors (Lipinski definition) is 1. The van der Waals surface area contributed by atoms with Crippen LogP contribution in [0, 0.1) is 6.92 Å². The Morgan fingerprint density at radius 3 is 2.50 bits per heavy atom. The van der Waals surface area contributed by atoms with E-state index < -0.39 is 0 Å². The number of aryl methyl sites for hydroxylation is 2. The summed E-state index contributed by atoms with van der Waals surface area (Å²) in [6, 6.07) is 17.4. The molecule has 2 N–H and O–H groups in total. The number of rotatable bonds is 5. The molecule has 0 bridgehead atoms. The molecular weight excluding hydrogens is 244 g/mol. The Kier molecular flexibility index (Phi) is 4.80. The zero-order chi connectivity index (χ0) is 14.5. The SMILES string of the molecule is CCc1ccccc1C(CN)N(C)c1cccc(C)c1. The summed E-state index contributed by atoms with van der Waals surface area (Å²) < 4.78 is 0. The highest BCUT2D eigenvalue weighted by Gasteiger charge is 2.18. The van der Waals surface area contributed by atoms with E-state index in [0.717, 1.165) is 6.42 Å². The smallest absolute Gasteiger partial charge is 0.0664 e. The average Bonchev–Trinajstić information content (AvgIpc) is 2.48. The Morgan fingerprint density at radius 1 is 1.10 bits per heavy atom. The fraction of sp³-hybridized carbons (Fsp3) is 0.333. The minimum Gasteiger partial charge on any atom is -0.366 e. The minimum absolute atomic E-state index is 0.216. The predicted octanol–water partition coefficient (Wildman–Crippen LogP) is 3.69. The van der Waals surface area contributed by atoms with Crippen LogP contribution in [0.2, 0.25) is 0 Å². The maximum Gasteiger partial charge on any atom is 0.0664 e. The molecule has 20 heavy (non-hydrogen) atoms. The Bertz CT molecular complexity index is 563. The van der Waals surface area contributed by atoms with E-state index in [2.05, 4.69) is 74.3 Å². The van der Waals surface area contributed by atoms with Gasteiger partial charge in [0.1, 0.15) is 0 Å². The Balaban J connectivity index is 2.36. The summed E-state index contributed by atoms with van der Waals surface area (Å²) in [4.78, 5) is 2.28. The van der Waals surface area contributed by atoms with Crippen molar-refractivity contribution in [1.82, 2.24) is 0 Å². The van der Waals surface area contributed by atoms with Crippen LogP contribution in [-0.4, -0.2) is 13.6 Å². The van der Waals surface area contributed by atoms with Crippen molar-refractivity contribution in [3.05, 3.63) is 65.2 Å². The normalized spacial score (nSPS) is 12.2. The zero-order valence-electron chi connectivity index (χ0n) is 12.6. The molecule has 0 aromatic heterocycles. The van der Waals surface area contributed by atoms with Gasteiger partial charge in [-0.2, -0.15) is 0 Å². The molecule has 0 heterocycles. The quantitative estimate of drug-likeness (QED) is 0.896. The van der Waals surface area contributed by atoms with Gasteiger partial charge in [0.15, 0.2) is 0 Å². The zero-order valence-corrected chi connectivity index (χ0v) is 12.6. The molecule has 0 radical (unpaired) electrons. The average molecular weight is 268 g/mol. The van der Waals surface area contributed by atoms with Gasteiger partial charge in [0.2, 0.25) is 0 Å². The van der Waals surface area contributed by atoms with Gasteiger partial charge in [-0.05, 0) is 42.2 Å². The third-order valence-corrected chi connectivity index (χ3v) is 3.89. The van der Waals surface area contributed by atoms with Crippen molar-refractivity contribution in [2.45, 2.75) is 26.3 Å². The summed E-state index contributed by atoms with van der Waals surface area (Å²) in [6.45, 7) is 4.93. The summed E-state index contributed by atoms with van der Waals surface area (Å²) >= 11 is 0. The van der Waals surface area contributed by atoms with Crippen molar-refractivity contribution in [1.29, 1.82) is 0 Å². The third kappa shape index (κ3) is 3.02. The molecule has 1 unspecified atom stereocenters. The molecule has 2 nitrogen and oxygen atoms in total. The van der Waals surface area contributed by atoms with Crippen molar-refractivity contribution < 1.29 is 0 Å². The van der Waals surface area contributed by atoms with Gasteiger partial charge in [0.25, 0.3) is 0 Å². The van der Waals surface area contributed by atoms with Crippen molar-refractivity contribution in [2.75, 3.05) is 18.5 Å². The van der Waals surface area contributed by atoms with Crippen molar-refractivity contribution in [3.63, 3.8) is 0 Å². The fourth-order valence-corrected chi connectivity index (χ4v) is 2.70. The molecule has 0 saturated carbocycles. The third-order valence-electron chi connectivity index (χ3n) is 3.89. The van der Waals surface area contributed by atoms with Crippen molar-refractivity contribution in [2.24, 2.45) is 5.73 Å². The first kappa shape index (κ1) is 14.6. The number of likely N-dealkylation sites (N-methyl/N-ethyl adjacent to an activating group) is 1. The molecular formula is C18H24N2. The van der Waals surface area contributed by atoms with E-state index in [1.807, 2.05) is 0 Å². The van der Waals surface area contributed by atoms with E-state index in [-0.39, 0.29) is 6.04 Å². The van der Waals surface area contributed by atoms with Gasteiger partial charge in [0, 0.05) is 19.3 Å². The summed E-state index contributed by atoms with van der Waals surface area (Å²) in [6.07, 6.45) is 1.04. The van der Waals surface area contributed by atoms with E-state index in [9.17, 15) is 0 Å². The highest BCUT2D eigenvalue weighted by Crippen LogP contribution is 2.27.